The zero-order valence-electron chi connectivity index (χ0n) is 18.4. The van der Waals surface area contributed by atoms with Gasteiger partial charge in [-0.15, -0.1) is 0 Å². The van der Waals surface area contributed by atoms with Crippen LogP contribution in [-0.2, 0) is 13.2 Å². The Kier molecular flexibility index (Phi) is 5.88. The van der Waals surface area contributed by atoms with Crippen molar-refractivity contribution in [1.29, 1.82) is 0 Å². The molecule has 0 atom stereocenters. The molecule has 0 aliphatic rings. The van der Waals surface area contributed by atoms with E-state index in [0.717, 1.165) is 28.1 Å². The molecule has 34 heavy (non-hydrogen) atoms. The van der Waals surface area contributed by atoms with E-state index in [0.29, 0.717) is 29.5 Å². The third-order valence-corrected chi connectivity index (χ3v) is 5.50. The molecule has 2 N–H and O–H groups in total. The normalized spacial score (nSPS) is 11.0. The molecule has 0 spiro atoms. The van der Waals surface area contributed by atoms with Crippen LogP contribution in [0.25, 0.3) is 28.3 Å². The first-order valence-electron chi connectivity index (χ1n) is 10.7. The lowest BCUT2D eigenvalue weighted by atomic mass is 10.1. The molecule has 0 saturated carbocycles. The standard InChI is InChI=1S/C26H22FN5O2/c1-34-21-8-2-17(3-9-21)15-29-26-28-12-10-22(30-26)25-24(19-4-6-20(27)7-5-19)31-23-14-18(16-33)11-13-32(23)25/h2-14,33H,15-16H2,1H3,(H,28,29,30). The highest BCUT2D eigenvalue weighted by Gasteiger charge is 2.18. The van der Waals surface area contributed by atoms with Gasteiger partial charge < -0.3 is 15.2 Å². The monoisotopic (exact) mass is 455 g/mol. The maximum atomic E-state index is 13.6. The smallest absolute Gasteiger partial charge is 0.223 e. The van der Waals surface area contributed by atoms with Gasteiger partial charge in [0, 0.05) is 24.5 Å². The van der Waals surface area contributed by atoms with Gasteiger partial charge in [-0.1, -0.05) is 12.1 Å². The maximum absolute atomic E-state index is 13.6. The Bertz CT molecular complexity index is 1430. The number of anilines is 1. The van der Waals surface area contributed by atoms with Crippen LogP contribution in [0.3, 0.4) is 0 Å². The van der Waals surface area contributed by atoms with Crippen LogP contribution in [-0.4, -0.2) is 31.6 Å². The fourth-order valence-electron chi connectivity index (χ4n) is 3.74. The highest BCUT2D eigenvalue weighted by Crippen LogP contribution is 2.32. The first-order valence-corrected chi connectivity index (χ1v) is 10.7. The second kappa shape index (κ2) is 9.29. The number of methoxy groups -OCH3 is 1. The van der Waals surface area contributed by atoms with E-state index in [9.17, 15) is 9.50 Å². The predicted molar refractivity (Wildman–Crippen MR) is 128 cm³/mol. The van der Waals surface area contributed by atoms with Gasteiger partial charge in [-0.3, -0.25) is 4.40 Å². The summed E-state index contributed by atoms with van der Waals surface area (Å²) in [5, 5.41) is 12.8. The lowest BCUT2D eigenvalue weighted by Gasteiger charge is -2.09. The second-order valence-electron chi connectivity index (χ2n) is 7.70. The van der Waals surface area contributed by atoms with E-state index in [2.05, 4.69) is 10.3 Å². The summed E-state index contributed by atoms with van der Waals surface area (Å²) >= 11 is 0. The van der Waals surface area contributed by atoms with Crippen molar-refractivity contribution in [1.82, 2.24) is 19.4 Å². The third-order valence-electron chi connectivity index (χ3n) is 5.50. The molecule has 0 aliphatic carbocycles. The SMILES string of the molecule is COc1ccc(CNc2nccc(-c3c(-c4ccc(F)cc4)nc4cc(CO)ccn34)n2)cc1. The Hall–Kier alpha value is -4.30. The van der Waals surface area contributed by atoms with Gasteiger partial charge in [-0.2, -0.15) is 0 Å². The number of aromatic nitrogens is 4. The topological polar surface area (TPSA) is 84.6 Å². The van der Waals surface area contributed by atoms with Gasteiger partial charge in [0.15, 0.2) is 0 Å². The Balaban J connectivity index is 1.53. The van der Waals surface area contributed by atoms with Crippen molar-refractivity contribution >= 4 is 11.6 Å². The number of fused-ring (bicyclic) bond motifs is 1. The van der Waals surface area contributed by atoms with E-state index in [1.807, 2.05) is 53.1 Å². The van der Waals surface area contributed by atoms with Gasteiger partial charge >= 0.3 is 0 Å². The zero-order chi connectivity index (χ0) is 23.5. The summed E-state index contributed by atoms with van der Waals surface area (Å²) in [7, 11) is 1.64. The van der Waals surface area contributed by atoms with Gasteiger partial charge in [-0.25, -0.2) is 19.3 Å². The van der Waals surface area contributed by atoms with Gasteiger partial charge in [0.2, 0.25) is 5.95 Å². The molecule has 3 aromatic heterocycles. The molecule has 170 valence electrons. The summed E-state index contributed by atoms with van der Waals surface area (Å²) in [6.45, 7) is 0.461. The van der Waals surface area contributed by atoms with Crippen LogP contribution < -0.4 is 10.1 Å². The summed E-state index contributed by atoms with van der Waals surface area (Å²) in [6, 6.07) is 19.4. The van der Waals surface area contributed by atoms with Crippen LogP contribution in [0.15, 0.2) is 79.1 Å². The fraction of sp³-hybridized carbons (Fsp3) is 0.115. The highest BCUT2D eigenvalue weighted by molar-refractivity contribution is 5.80. The average molecular weight is 455 g/mol. The molecule has 0 saturated heterocycles. The van der Waals surface area contributed by atoms with Crippen molar-refractivity contribution in [2.24, 2.45) is 0 Å². The first kappa shape index (κ1) is 21.5. The Morgan fingerprint density at radius 2 is 1.76 bits per heavy atom. The van der Waals surface area contributed by atoms with E-state index in [1.165, 1.54) is 12.1 Å². The number of benzene rings is 2. The van der Waals surface area contributed by atoms with Crippen molar-refractivity contribution < 1.29 is 14.2 Å². The first-order chi connectivity index (χ1) is 16.6. The number of aliphatic hydroxyl groups excluding tert-OH is 1. The number of aliphatic hydroxyl groups is 1. The minimum atomic E-state index is -0.316. The summed E-state index contributed by atoms with van der Waals surface area (Å²) in [6.07, 6.45) is 3.54. The number of imidazole rings is 1. The van der Waals surface area contributed by atoms with E-state index in [1.54, 1.807) is 25.4 Å². The Labute approximate surface area is 195 Å². The Morgan fingerprint density at radius 1 is 0.971 bits per heavy atom. The molecule has 2 aromatic carbocycles. The van der Waals surface area contributed by atoms with Crippen molar-refractivity contribution in [2.75, 3.05) is 12.4 Å². The van der Waals surface area contributed by atoms with E-state index < -0.39 is 0 Å². The van der Waals surface area contributed by atoms with Crippen LogP contribution in [0.1, 0.15) is 11.1 Å². The van der Waals surface area contributed by atoms with Gasteiger partial charge in [0.05, 0.1) is 30.8 Å². The molecule has 0 unspecified atom stereocenters. The quantitative estimate of drug-likeness (QED) is 0.370. The van der Waals surface area contributed by atoms with E-state index >= 15 is 0 Å². The maximum Gasteiger partial charge on any atom is 0.223 e. The average Bonchev–Trinajstić information content (AvgIpc) is 3.27. The number of ether oxygens (including phenoxy) is 1. The van der Waals surface area contributed by atoms with Crippen molar-refractivity contribution in [3.05, 3.63) is 96.1 Å². The summed E-state index contributed by atoms with van der Waals surface area (Å²) in [5.74, 6) is 0.955. The lowest BCUT2D eigenvalue weighted by Crippen LogP contribution is -2.04. The minimum Gasteiger partial charge on any atom is -0.497 e. The van der Waals surface area contributed by atoms with Crippen molar-refractivity contribution in [2.45, 2.75) is 13.2 Å². The molecule has 8 heteroatoms. The molecule has 5 aromatic rings. The van der Waals surface area contributed by atoms with Crippen molar-refractivity contribution in [3.8, 4) is 28.4 Å². The minimum absolute atomic E-state index is 0.0858. The molecule has 7 nitrogen and oxygen atoms in total. The molecule has 0 amide bonds. The number of hydrogen-bond acceptors (Lipinski definition) is 6. The predicted octanol–water partition coefficient (Wildman–Crippen LogP) is 4.71. The van der Waals surface area contributed by atoms with Gasteiger partial charge in [-0.05, 0) is 65.7 Å². The molecular formula is C26H22FN5O2. The van der Waals surface area contributed by atoms with Crippen LogP contribution in [0.4, 0.5) is 10.3 Å². The lowest BCUT2D eigenvalue weighted by molar-refractivity contribution is 0.282. The van der Waals surface area contributed by atoms with Gasteiger partial charge in [0.25, 0.3) is 0 Å². The number of nitrogens with one attached hydrogen (secondary N) is 1. The summed E-state index contributed by atoms with van der Waals surface area (Å²) in [4.78, 5) is 13.9. The van der Waals surface area contributed by atoms with Crippen LogP contribution in [0.2, 0.25) is 0 Å². The highest BCUT2D eigenvalue weighted by atomic mass is 19.1. The molecule has 0 fully saturated rings. The fourth-order valence-corrected chi connectivity index (χ4v) is 3.74. The number of hydrogen-bond donors (Lipinski definition) is 2. The van der Waals surface area contributed by atoms with Crippen LogP contribution in [0, 0.1) is 5.82 Å². The number of nitrogens with zero attached hydrogens (tertiary/aromatic N) is 4. The largest absolute Gasteiger partial charge is 0.497 e. The summed E-state index contributed by atoms with van der Waals surface area (Å²) in [5.41, 5.74) is 5.31. The van der Waals surface area contributed by atoms with Crippen LogP contribution >= 0.6 is 0 Å². The second-order valence-corrected chi connectivity index (χ2v) is 7.70. The van der Waals surface area contributed by atoms with Crippen LogP contribution in [0.5, 0.6) is 5.75 Å². The number of rotatable bonds is 7. The van der Waals surface area contributed by atoms with E-state index in [-0.39, 0.29) is 12.4 Å². The number of pyridine rings is 1. The molecule has 5 rings (SSSR count). The number of halogens is 1. The molecule has 3 heterocycles. The zero-order valence-corrected chi connectivity index (χ0v) is 18.4. The molecule has 0 bridgehead atoms. The van der Waals surface area contributed by atoms with Gasteiger partial charge in [0.1, 0.15) is 17.2 Å². The molecular weight excluding hydrogens is 433 g/mol. The molecule has 0 radical (unpaired) electrons. The third kappa shape index (κ3) is 4.31. The van der Waals surface area contributed by atoms with E-state index in [4.69, 9.17) is 14.7 Å². The Morgan fingerprint density at radius 3 is 2.50 bits per heavy atom. The van der Waals surface area contributed by atoms with Crippen molar-refractivity contribution in [3.63, 3.8) is 0 Å². The summed E-state index contributed by atoms with van der Waals surface area (Å²) < 4.78 is 20.7. The molecule has 0 aliphatic heterocycles.